The zero-order valence-electron chi connectivity index (χ0n) is 12.2. The molecule has 0 saturated carbocycles. The van der Waals surface area contributed by atoms with E-state index in [1.54, 1.807) is 0 Å². The lowest BCUT2D eigenvalue weighted by Gasteiger charge is -2.08. The summed E-state index contributed by atoms with van der Waals surface area (Å²) in [5.74, 6) is 0. The number of hydrogen-bond donors (Lipinski definition) is 0. The van der Waals surface area contributed by atoms with Gasteiger partial charge in [-0.3, -0.25) is 0 Å². The Morgan fingerprint density at radius 3 is 2.60 bits per heavy atom. The minimum atomic E-state index is 1.17. The molecule has 0 aromatic heterocycles. The van der Waals surface area contributed by atoms with E-state index in [9.17, 15) is 0 Å². The highest BCUT2D eigenvalue weighted by atomic mass is 14.1. The van der Waals surface area contributed by atoms with Crippen LogP contribution >= 0.6 is 0 Å². The first-order valence-electron chi connectivity index (χ1n) is 7.71. The molecule has 20 heavy (non-hydrogen) atoms. The van der Waals surface area contributed by atoms with Gasteiger partial charge < -0.3 is 0 Å². The first-order chi connectivity index (χ1) is 9.88. The second-order valence-electron chi connectivity index (χ2n) is 5.55. The number of rotatable bonds is 5. The standard InChI is InChI=1S/C20H21/c1-2-3-4-5-9-16-12-8-13-19-14-17-10-6-7-11-18(17)15-20(16)19/h6-8,10-14H,2-5,9H2,1H3. The van der Waals surface area contributed by atoms with E-state index in [-0.39, 0.29) is 0 Å². The number of hydrogen-bond acceptors (Lipinski definition) is 0. The minimum absolute atomic E-state index is 1.17. The van der Waals surface area contributed by atoms with Gasteiger partial charge >= 0.3 is 0 Å². The van der Waals surface area contributed by atoms with Gasteiger partial charge in [0.2, 0.25) is 0 Å². The molecule has 0 heterocycles. The van der Waals surface area contributed by atoms with Crippen molar-refractivity contribution in [2.75, 3.05) is 0 Å². The predicted molar refractivity (Wildman–Crippen MR) is 88.1 cm³/mol. The van der Waals surface area contributed by atoms with Crippen molar-refractivity contribution in [3.8, 4) is 0 Å². The summed E-state index contributed by atoms with van der Waals surface area (Å²) in [6, 6.07) is 21.1. The Morgan fingerprint density at radius 1 is 0.850 bits per heavy atom. The largest absolute Gasteiger partial charge is 0.0654 e. The van der Waals surface area contributed by atoms with Crippen LogP contribution in [0.2, 0.25) is 0 Å². The Labute approximate surface area is 121 Å². The van der Waals surface area contributed by atoms with Crippen LogP contribution in [0.5, 0.6) is 0 Å². The van der Waals surface area contributed by atoms with Crippen LogP contribution in [0.25, 0.3) is 21.5 Å². The maximum atomic E-state index is 3.62. The molecule has 0 saturated heterocycles. The first kappa shape index (κ1) is 13.2. The molecule has 0 N–H and O–H groups in total. The summed E-state index contributed by atoms with van der Waals surface area (Å²) < 4.78 is 0. The number of benzene rings is 3. The van der Waals surface area contributed by atoms with Crippen molar-refractivity contribution in [2.45, 2.75) is 39.0 Å². The third-order valence-corrected chi connectivity index (χ3v) is 4.01. The fourth-order valence-electron chi connectivity index (χ4n) is 2.88. The third kappa shape index (κ3) is 2.70. The van der Waals surface area contributed by atoms with E-state index in [1.807, 2.05) is 0 Å². The average Bonchev–Trinajstić information content (AvgIpc) is 2.50. The van der Waals surface area contributed by atoms with Gasteiger partial charge in [0.05, 0.1) is 0 Å². The second kappa shape index (κ2) is 6.09. The molecule has 1 radical (unpaired) electrons. The van der Waals surface area contributed by atoms with Crippen molar-refractivity contribution in [3.63, 3.8) is 0 Å². The van der Waals surface area contributed by atoms with E-state index in [2.05, 4.69) is 61.5 Å². The summed E-state index contributed by atoms with van der Waals surface area (Å²) in [6.07, 6.45) is 6.43. The van der Waals surface area contributed by atoms with Crippen molar-refractivity contribution >= 4 is 21.5 Å². The molecule has 0 heteroatoms. The summed E-state index contributed by atoms with van der Waals surface area (Å²) in [5, 5.41) is 5.13. The average molecular weight is 261 g/mol. The molecule has 0 atom stereocenters. The highest BCUT2D eigenvalue weighted by Crippen LogP contribution is 2.26. The van der Waals surface area contributed by atoms with Gasteiger partial charge in [-0.2, -0.15) is 0 Å². The summed E-state index contributed by atoms with van der Waals surface area (Å²) >= 11 is 0. The SMILES string of the molecule is CCCCCCc1cccc2cc3ccccc3[c]c12. The van der Waals surface area contributed by atoms with Crippen molar-refractivity contribution < 1.29 is 0 Å². The molecule has 3 aromatic rings. The molecule has 0 aliphatic rings. The van der Waals surface area contributed by atoms with Gasteiger partial charge in [0.1, 0.15) is 0 Å². The van der Waals surface area contributed by atoms with Gasteiger partial charge in [0, 0.05) is 0 Å². The molecular formula is C20H21. The topological polar surface area (TPSA) is 0 Å². The Bertz CT molecular complexity index is 709. The summed E-state index contributed by atoms with van der Waals surface area (Å²) in [4.78, 5) is 0. The summed E-state index contributed by atoms with van der Waals surface area (Å²) in [5.41, 5.74) is 1.45. The van der Waals surface area contributed by atoms with Gasteiger partial charge in [-0.25, -0.2) is 0 Å². The zero-order chi connectivity index (χ0) is 13.8. The maximum absolute atomic E-state index is 3.62. The zero-order valence-corrected chi connectivity index (χ0v) is 12.2. The molecule has 3 aromatic carbocycles. The highest BCUT2D eigenvalue weighted by molar-refractivity contribution is 5.98. The van der Waals surface area contributed by atoms with Crippen LogP contribution in [0.3, 0.4) is 0 Å². The molecule has 0 spiro atoms. The number of unbranched alkanes of at least 4 members (excludes halogenated alkanes) is 3. The van der Waals surface area contributed by atoms with Gasteiger partial charge in [-0.1, -0.05) is 68.7 Å². The van der Waals surface area contributed by atoms with Gasteiger partial charge in [0.25, 0.3) is 0 Å². The fraction of sp³-hybridized carbons (Fsp3) is 0.300. The molecule has 0 aliphatic carbocycles. The van der Waals surface area contributed by atoms with Crippen molar-refractivity contribution in [1.82, 2.24) is 0 Å². The number of fused-ring (bicyclic) bond motifs is 2. The van der Waals surface area contributed by atoms with Crippen LogP contribution < -0.4 is 0 Å². The van der Waals surface area contributed by atoms with E-state index < -0.39 is 0 Å². The normalized spacial score (nSPS) is 11.2. The molecular weight excluding hydrogens is 240 g/mol. The Morgan fingerprint density at radius 2 is 1.70 bits per heavy atom. The summed E-state index contributed by atoms with van der Waals surface area (Å²) in [7, 11) is 0. The predicted octanol–water partition coefficient (Wildman–Crippen LogP) is 5.92. The van der Waals surface area contributed by atoms with E-state index in [1.165, 1.54) is 59.2 Å². The highest BCUT2D eigenvalue weighted by Gasteiger charge is 2.03. The van der Waals surface area contributed by atoms with Crippen molar-refractivity contribution in [3.05, 3.63) is 60.2 Å². The van der Waals surface area contributed by atoms with Crippen molar-refractivity contribution in [2.24, 2.45) is 0 Å². The summed E-state index contributed by atoms with van der Waals surface area (Å²) in [6.45, 7) is 2.26. The fourth-order valence-corrected chi connectivity index (χ4v) is 2.88. The first-order valence-corrected chi connectivity index (χ1v) is 7.71. The Hall–Kier alpha value is -1.82. The molecule has 101 valence electrons. The minimum Gasteiger partial charge on any atom is -0.0654 e. The van der Waals surface area contributed by atoms with Crippen LogP contribution in [0.15, 0.2) is 48.5 Å². The molecule has 0 unspecified atom stereocenters. The maximum Gasteiger partial charge on any atom is -0.00115 e. The van der Waals surface area contributed by atoms with Crippen LogP contribution in [0.1, 0.15) is 38.2 Å². The smallest absolute Gasteiger partial charge is 0.00115 e. The van der Waals surface area contributed by atoms with Gasteiger partial charge in [0.15, 0.2) is 0 Å². The molecule has 0 nitrogen and oxygen atoms in total. The van der Waals surface area contributed by atoms with Gasteiger partial charge in [-0.15, -0.1) is 0 Å². The quantitative estimate of drug-likeness (QED) is 0.395. The monoisotopic (exact) mass is 261 g/mol. The molecule has 0 amide bonds. The van der Waals surface area contributed by atoms with E-state index in [0.29, 0.717) is 0 Å². The molecule has 0 aliphatic heterocycles. The molecule has 0 bridgehead atoms. The van der Waals surface area contributed by atoms with E-state index in [0.717, 1.165) is 0 Å². The molecule has 0 fully saturated rings. The third-order valence-electron chi connectivity index (χ3n) is 4.01. The van der Waals surface area contributed by atoms with E-state index in [4.69, 9.17) is 0 Å². The lowest BCUT2D eigenvalue weighted by molar-refractivity contribution is 0.668. The lowest BCUT2D eigenvalue weighted by atomic mass is 9.96. The van der Waals surface area contributed by atoms with Crippen LogP contribution in [-0.2, 0) is 6.42 Å². The molecule has 3 rings (SSSR count). The Kier molecular flexibility index (Phi) is 4.01. The van der Waals surface area contributed by atoms with Crippen LogP contribution in [-0.4, -0.2) is 0 Å². The Balaban J connectivity index is 1.97. The number of aryl methyl sites for hydroxylation is 1. The van der Waals surface area contributed by atoms with Crippen LogP contribution in [0, 0.1) is 6.07 Å². The second-order valence-corrected chi connectivity index (χ2v) is 5.55. The van der Waals surface area contributed by atoms with Gasteiger partial charge in [-0.05, 0) is 52.1 Å². The van der Waals surface area contributed by atoms with Crippen molar-refractivity contribution in [1.29, 1.82) is 0 Å². The van der Waals surface area contributed by atoms with Crippen LogP contribution in [0.4, 0.5) is 0 Å². The lowest BCUT2D eigenvalue weighted by Crippen LogP contribution is -1.89. The van der Waals surface area contributed by atoms with E-state index >= 15 is 0 Å².